The van der Waals surface area contributed by atoms with Gasteiger partial charge in [-0.3, -0.25) is 9.59 Å². The van der Waals surface area contributed by atoms with Gasteiger partial charge in [0.25, 0.3) is 0 Å². The molecule has 0 aromatic rings. The van der Waals surface area contributed by atoms with E-state index in [9.17, 15) is 9.59 Å². The summed E-state index contributed by atoms with van der Waals surface area (Å²) in [6, 6.07) is 0.485. The zero-order valence-corrected chi connectivity index (χ0v) is 13.0. The number of hydrogen-bond donors (Lipinski definition) is 3. The Balaban J connectivity index is 2.07. The molecule has 0 saturated heterocycles. The van der Waals surface area contributed by atoms with Crippen molar-refractivity contribution >= 4 is 11.8 Å². The van der Waals surface area contributed by atoms with Gasteiger partial charge in [-0.1, -0.05) is 13.8 Å². The van der Waals surface area contributed by atoms with E-state index < -0.39 is 0 Å². The van der Waals surface area contributed by atoms with Crippen molar-refractivity contribution < 1.29 is 9.59 Å². The van der Waals surface area contributed by atoms with Gasteiger partial charge >= 0.3 is 0 Å². The van der Waals surface area contributed by atoms with Crippen LogP contribution in [0.3, 0.4) is 0 Å². The highest BCUT2D eigenvalue weighted by Gasteiger charge is 2.22. The minimum Gasteiger partial charge on any atom is -0.353 e. The summed E-state index contributed by atoms with van der Waals surface area (Å²) in [7, 11) is 0. The van der Waals surface area contributed by atoms with Crippen molar-refractivity contribution in [2.75, 3.05) is 6.54 Å². The summed E-state index contributed by atoms with van der Waals surface area (Å²) in [5, 5.41) is 9.15. The molecule has 0 spiro atoms. The number of amides is 2. The van der Waals surface area contributed by atoms with E-state index in [1.807, 2.05) is 6.92 Å². The fourth-order valence-corrected chi connectivity index (χ4v) is 2.01. The molecule has 1 fully saturated rings. The topological polar surface area (TPSA) is 70.2 Å². The van der Waals surface area contributed by atoms with Crippen LogP contribution in [-0.4, -0.2) is 36.5 Å². The summed E-state index contributed by atoms with van der Waals surface area (Å²) in [5.74, 6) is 0.171. The first-order valence-corrected chi connectivity index (χ1v) is 7.89. The quantitative estimate of drug-likeness (QED) is 0.530. The summed E-state index contributed by atoms with van der Waals surface area (Å²) in [6.07, 6.45) is 5.45. The average molecular weight is 283 g/mol. The smallest absolute Gasteiger partial charge is 0.237 e. The molecule has 2 amide bonds. The maximum Gasteiger partial charge on any atom is 0.237 e. The van der Waals surface area contributed by atoms with Crippen molar-refractivity contribution in [3.8, 4) is 0 Å². The highest BCUT2D eigenvalue weighted by molar-refractivity contribution is 5.81. The first-order chi connectivity index (χ1) is 9.56. The molecule has 5 heteroatoms. The van der Waals surface area contributed by atoms with Crippen molar-refractivity contribution in [1.29, 1.82) is 0 Å². The maximum absolute atomic E-state index is 11.9. The van der Waals surface area contributed by atoms with Crippen LogP contribution >= 0.6 is 0 Å². The lowest BCUT2D eigenvalue weighted by atomic mass is 10.1. The first kappa shape index (κ1) is 17.0. The van der Waals surface area contributed by atoms with Gasteiger partial charge < -0.3 is 16.0 Å². The van der Waals surface area contributed by atoms with Gasteiger partial charge in [-0.15, -0.1) is 0 Å². The molecule has 0 aromatic carbocycles. The average Bonchev–Trinajstić information content (AvgIpc) is 3.24. The largest absolute Gasteiger partial charge is 0.353 e. The van der Waals surface area contributed by atoms with Crippen LogP contribution in [0.2, 0.25) is 0 Å². The van der Waals surface area contributed by atoms with Crippen LogP contribution in [0.5, 0.6) is 0 Å². The third kappa shape index (κ3) is 6.89. The molecule has 1 aliphatic carbocycles. The van der Waals surface area contributed by atoms with Gasteiger partial charge in [0.05, 0.1) is 6.04 Å². The standard InChI is InChI=1S/C15H29N3O2/c1-4-12(5-2)18-15(20)11(3)16-10-6-7-14(19)17-13-8-9-13/h11-13,16H,4-10H2,1-3H3,(H,17,19)(H,18,20). The van der Waals surface area contributed by atoms with Crippen molar-refractivity contribution in [2.24, 2.45) is 0 Å². The fraction of sp³-hybridized carbons (Fsp3) is 0.867. The van der Waals surface area contributed by atoms with Gasteiger partial charge in [0.2, 0.25) is 11.8 Å². The van der Waals surface area contributed by atoms with Gasteiger partial charge in [-0.25, -0.2) is 0 Å². The van der Waals surface area contributed by atoms with Crippen molar-refractivity contribution in [1.82, 2.24) is 16.0 Å². The van der Waals surface area contributed by atoms with E-state index in [0.717, 1.165) is 32.1 Å². The molecule has 5 nitrogen and oxygen atoms in total. The zero-order valence-electron chi connectivity index (χ0n) is 13.0. The number of nitrogens with one attached hydrogen (secondary N) is 3. The summed E-state index contributed by atoms with van der Waals surface area (Å²) in [4.78, 5) is 23.4. The van der Waals surface area contributed by atoms with Gasteiger partial charge in [0, 0.05) is 18.5 Å². The first-order valence-electron chi connectivity index (χ1n) is 7.89. The van der Waals surface area contributed by atoms with Gasteiger partial charge in [-0.05, 0) is 45.6 Å². The molecular formula is C15H29N3O2. The Morgan fingerprint density at radius 3 is 2.40 bits per heavy atom. The molecule has 1 unspecified atom stereocenters. The monoisotopic (exact) mass is 283 g/mol. The number of hydrogen-bond acceptors (Lipinski definition) is 3. The van der Waals surface area contributed by atoms with Crippen LogP contribution in [0.15, 0.2) is 0 Å². The number of carbonyl (C=O) groups is 2. The molecule has 1 atom stereocenters. The summed E-state index contributed by atoms with van der Waals surface area (Å²) in [5.41, 5.74) is 0. The molecule has 3 N–H and O–H groups in total. The Hall–Kier alpha value is -1.10. The zero-order chi connectivity index (χ0) is 15.0. The van der Waals surface area contributed by atoms with Crippen LogP contribution in [-0.2, 0) is 9.59 Å². The molecule has 20 heavy (non-hydrogen) atoms. The summed E-state index contributed by atoms with van der Waals surface area (Å²) < 4.78 is 0. The lowest BCUT2D eigenvalue weighted by molar-refractivity contribution is -0.123. The van der Waals surface area contributed by atoms with Crippen LogP contribution in [0.4, 0.5) is 0 Å². The molecule has 116 valence electrons. The van der Waals surface area contributed by atoms with Crippen molar-refractivity contribution in [3.05, 3.63) is 0 Å². The van der Waals surface area contributed by atoms with E-state index in [-0.39, 0.29) is 23.9 Å². The minimum absolute atomic E-state index is 0.0427. The SMILES string of the molecule is CCC(CC)NC(=O)C(C)NCCCC(=O)NC1CC1. The van der Waals surface area contributed by atoms with E-state index in [0.29, 0.717) is 19.0 Å². The summed E-state index contributed by atoms with van der Waals surface area (Å²) >= 11 is 0. The molecule has 0 aliphatic heterocycles. The van der Waals surface area contributed by atoms with Crippen LogP contribution in [0, 0.1) is 0 Å². The molecule has 1 saturated carbocycles. The van der Waals surface area contributed by atoms with E-state index >= 15 is 0 Å². The Labute approximate surface area is 122 Å². The van der Waals surface area contributed by atoms with Crippen LogP contribution in [0.1, 0.15) is 59.3 Å². The number of carbonyl (C=O) groups excluding carboxylic acids is 2. The predicted octanol–water partition coefficient (Wildman–Crippen LogP) is 1.33. The van der Waals surface area contributed by atoms with E-state index in [4.69, 9.17) is 0 Å². The third-order valence-corrected chi connectivity index (χ3v) is 3.70. The lowest BCUT2D eigenvalue weighted by Crippen LogP contribution is -2.46. The second kappa shape index (κ2) is 8.95. The molecule has 0 radical (unpaired) electrons. The normalized spacial score (nSPS) is 16.0. The third-order valence-electron chi connectivity index (χ3n) is 3.70. The molecular weight excluding hydrogens is 254 g/mol. The van der Waals surface area contributed by atoms with Crippen molar-refractivity contribution in [3.63, 3.8) is 0 Å². The molecule has 1 aliphatic rings. The highest BCUT2D eigenvalue weighted by atomic mass is 16.2. The number of rotatable bonds is 10. The fourth-order valence-electron chi connectivity index (χ4n) is 2.01. The Bertz CT molecular complexity index is 312. The van der Waals surface area contributed by atoms with Gasteiger partial charge in [0.15, 0.2) is 0 Å². The van der Waals surface area contributed by atoms with E-state index in [2.05, 4.69) is 29.8 Å². The lowest BCUT2D eigenvalue weighted by Gasteiger charge is -2.19. The van der Waals surface area contributed by atoms with Crippen LogP contribution in [0.25, 0.3) is 0 Å². The Morgan fingerprint density at radius 1 is 1.20 bits per heavy atom. The molecule has 0 heterocycles. The Morgan fingerprint density at radius 2 is 1.85 bits per heavy atom. The highest BCUT2D eigenvalue weighted by Crippen LogP contribution is 2.18. The Kier molecular flexibility index (Phi) is 7.59. The second-order valence-corrected chi connectivity index (χ2v) is 5.64. The second-order valence-electron chi connectivity index (χ2n) is 5.64. The van der Waals surface area contributed by atoms with Crippen LogP contribution < -0.4 is 16.0 Å². The molecule has 1 rings (SSSR count). The van der Waals surface area contributed by atoms with E-state index in [1.165, 1.54) is 0 Å². The van der Waals surface area contributed by atoms with E-state index in [1.54, 1.807) is 0 Å². The van der Waals surface area contributed by atoms with Crippen molar-refractivity contribution in [2.45, 2.75) is 77.4 Å². The van der Waals surface area contributed by atoms with Gasteiger partial charge in [-0.2, -0.15) is 0 Å². The minimum atomic E-state index is -0.206. The molecule has 0 aromatic heterocycles. The maximum atomic E-state index is 11.9. The molecule has 0 bridgehead atoms. The predicted molar refractivity (Wildman–Crippen MR) is 80.4 cm³/mol. The van der Waals surface area contributed by atoms with Gasteiger partial charge in [0.1, 0.15) is 0 Å². The summed E-state index contributed by atoms with van der Waals surface area (Å²) in [6.45, 7) is 6.70.